The molecular weight excluding hydrogens is 2360 g/mol. The van der Waals surface area contributed by atoms with E-state index in [9.17, 15) is 4.57 Å². The van der Waals surface area contributed by atoms with E-state index in [1.165, 1.54) is 11.3 Å². The number of pyridine rings is 5. The maximum atomic E-state index is 10.2. The minimum atomic E-state index is -0.441. The van der Waals surface area contributed by atoms with Gasteiger partial charge in [-0.05, 0) is 38.1 Å². The van der Waals surface area contributed by atoms with Gasteiger partial charge >= 0.3 is 8.69 Å². The molecule has 0 saturated heterocycles. The van der Waals surface area contributed by atoms with E-state index >= 15 is 0 Å². The second kappa shape index (κ2) is 50.7. The first-order valence-corrected chi connectivity index (χ1v) is 30.0. The van der Waals surface area contributed by atoms with Crippen LogP contribution >= 0.6 is 29.5 Å². The van der Waals surface area contributed by atoms with E-state index in [4.69, 9.17) is 43.2 Å². The summed E-state index contributed by atoms with van der Waals surface area (Å²) >= 11 is 1.48. The molecule has 2 N–H and O–H groups in total. The van der Waals surface area contributed by atoms with Crippen LogP contribution in [0.25, 0.3) is 0 Å². The van der Waals surface area contributed by atoms with Gasteiger partial charge in [0.05, 0.1) is 27.8 Å². The smallest absolute Gasteiger partial charge is 0.397 e. The standard InChI is InChI=1S/C13H12NO.C12H11N2O.C12H10NO2.C11H7NO3P.C11H9NO2P.C10H13N4S.6Ir/c1-2-11-7-6-10-13(14-11)15-12-8-4-3-5-9-12;13-9-10-5-4-8-12(14-10)15-11-6-2-1-3-7-11;1-14-11-8-5-9-12(13-11)15-10-6-3-2-4-7-10;13-16-15-11-8-4-7-10(12-11)14-9-5-2-1-3-6-9;15-14-11-8-4-7-10(12-11)13-9-5-2-1-3-6-9;1-4-9-11-6-14(13-9)10(2,3)8-5-15-7-12-8;;;;;;/h3-8,10H,2H2,1H3;1-6,8H,9,13H2;2-6,8-9H,1H3;1-5,7-8H;1-5,7-8H,15H2;6-7H,4H2,1-3H3;;;;;;/q6*-1;;;;;;. The molecule has 12 rings (SSSR count). The average molecular weight is 2420 g/mol. The van der Waals surface area contributed by atoms with Crippen molar-refractivity contribution < 1.29 is 163 Å². The van der Waals surface area contributed by atoms with E-state index in [1.54, 1.807) is 97.8 Å². The van der Waals surface area contributed by atoms with Crippen LogP contribution in [0, 0.1) is 35.7 Å². The van der Waals surface area contributed by atoms with Crippen LogP contribution in [0.5, 0.6) is 75.8 Å². The summed E-state index contributed by atoms with van der Waals surface area (Å²) in [6.45, 7) is 8.65. The van der Waals surface area contributed by atoms with E-state index in [0.717, 1.165) is 35.7 Å². The molecule has 518 valence electrons. The van der Waals surface area contributed by atoms with Crippen molar-refractivity contribution in [2.45, 2.75) is 52.6 Å². The summed E-state index contributed by atoms with van der Waals surface area (Å²) in [5, 5.41) is 7.55. The zero-order chi connectivity index (χ0) is 64.1. The van der Waals surface area contributed by atoms with Gasteiger partial charge in [-0.15, -0.1) is 60.7 Å². The van der Waals surface area contributed by atoms with Crippen molar-refractivity contribution in [2.24, 2.45) is 5.73 Å². The van der Waals surface area contributed by atoms with Gasteiger partial charge < -0.3 is 59.5 Å². The zero-order valence-electron chi connectivity index (χ0n) is 52.2. The Balaban J connectivity index is 0.000000575. The Morgan fingerprint density at radius 2 is 0.845 bits per heavy atom. The molecule has 7 aromatic heterocycles. The first-order valence-electron chi connectivity index (χ1n) is 27.9. The molecule has 19 nitrogen and oxygen atoms in total. The number of ether oxygens (including phenoxy) is 6. The summed E-state index contributed by atoms with van der Waals surface area (Å²) in [4.78, 5) is 29.3. The van der Waals surface area contributed by atoms with E-state index in [1.807, 2.05) is 145 Å². The second-order valence-electron chi connectivity index (χ2n) is 18.4. The third-order valence-electron chi connectivity index (χ3n) is 11.6. The molecule has 97 heavy (non-hydrogen) atoms. The van der Waals surface area contributed by atoms with Gasteiger partial charge in [0.1, 0.15) is 12.2 Å². The third kappa shape index (κ3) is 32.8. The summed E-state index contributed by atoms with van der Waals surface area (Å²) in [6, 6.07) is 78.5. The Kier molecular flexibility index (Phi) is 46.2. The third-order valence-corrected chi connectivity index (χ3v) is 12.6. The number of nitrogens with zero attached hydrogens (tertiary/aromatic N) is 9. The normalized spacial score (nSPS) is 9.56. The van der Waals surface area contributed by atoms with Crippen LogP contribution < -0.4 is 43.2 Å². The molecule has 12 aromatic rings. The molecule has 6 radical (unpaired) electrons. The molecule has 0 fully saturated rings. The van der Waals surface area contributed by atoms with Crippen molar-refractivity contribution in [1.82, 2.24) is 44.7 Å². The van der Waals surface area contributed by atoms with Crippen molar-refractivity contribution in [2.75, 3.05) is 7.11 Å². The molecule has 0 saturated carbocycles. The molecule has 0 spiro atoms. The van der Waals surface area contributed by atoms with Gasteiger partial charge in [-0.25, -0.2) is 24.2 Å². The molecule has 28 heteroatoms. The molecule has 0 aliphatic heterocycles. The molecule has 1 atom stereocenters. The monoisotopic (exact) mass is 2430 g/mol. The minimum absolute atomic E-state index is 0. The number of thiazole rings is 1. The zero-order valence-corrected chi connectivity index (χ0v) is 69.4. The predicted molar refractivity (Wildman–Crippen MR) is 349 cm³/mol. The van der Waals surface area contributed by atoms with Crippen LogP contribution in [0.1, 0.15) is 50.6 Å². The predicted octanol–water partition coefficient (Wildman–Crippen LogP) is 16.0. The van der Waals surface area contributed by atoms with Crippen LogP contribution in [0.3, 0.4) is 0 Å². The largest absolute Gasteiger partial charge is 0.481 e. The van der Waals surface area contributed by atoms with Crippen molar-refractivity contribution in [1.29, 1.82) is 0 Å². The molecule has 0 amide bonds. The quantitative estimate of drug-likeness (QED) is 0.0586. The van der Waals surface area contributed by atoms with Crippen molar-refractivity contribution >= 4 is 29.5 Å². The van der Waals surface area contributed by atoms with Crippen molar-refractivity contribution in [3.63, 3.8) is 0 Å². The Labute approximate surface area is 654 Å². The van der Waals surface area contributed by atoms with Gasteiger partial charge in [-0.1, -0.05) is 49.7 Å². The fourth-order valence-corrected chi connectivity index (χ4v) is 7.97. The fraction of sp³-hybridized carbons (Fsp3) is 0.130. The van der Waals surface area contributed by atoms with Gasteiger partial charge in [-0.2, -0.15) is 116 Å². The number of benzene rings is 5. The number of methoxy groups -OCH3 is 1. The van der Waals surface area contributed by atoms with Gasteiger partial charge in [0.15, 0.2) is 0 Å². The van der Waals surface area contributed by atoms with Crippen LogP contribution in [0.2, 0.25) is 0 Å². The Morgan fingerprint density at radius 1 is 0.474 bits per heavy atom. The first-order chi connectivity index (χ1) is 44.5. The summed E-state index contributed by atoms with van der Waals surface area (Å²) in [7, 11) is 3.27. The number of aryl methyl sites for hydroxylation is 2. The van der Waals surface area contributed by atoms with Crippen LogP contribution in [-0.4, -0.2) is 51.8 Å². The molecule has 5 aromatic carbocycles. The number of para-hydroxylation sites is 5. The van der Waals surface area contributed by atoms with E-state index in [2.05, 4.69) is 106 Å². The first kappa shape index (κ1) is 88.4. The molecule has 0 aliphatic carbocycles. The van der Waals surface area contributed by atoms with E-state index in [0.29, 0.717) is 76.5 Å². The fourth-order valence-electron chi connectivity index (χ4n) is 7.04. The summed E-state index contributed by atoms with van der Waals surface area (Å²) in [6.07, 6.45) is 3.52. The van der Waals surface area contributed by atoms with Gasteiger partial charge in [0.2, 0.25) is 47.0 Å². The van der Waals surface area contributed by atoms with Crippen LogP contribution in [0.15, 0.2) is 224 Å². The minimum Gasteiger partial charge on any atom is -0.481 e. The number of aromatic nitrogens is 9. The molecule has 0 aliphatic rings. The number of hydrogen-bond acceptors (Lipinski definition) is 19. The van der Waals surface area contributed by atoms with Crippen molar-refractivity contribution in [3.8, 4) is 75.8 Å². The summed E-state index contributed by atoms with van der Waals surface area (Å²) in [5.74, 6) is 7.81. The van der Waals surface area contributed by atoms with E-state index in [-0.39, 0.29) is 132 Å². The van der Waals surface area contributed by atoms with Gasteiger partial charge in [0, 0.05) is 217 Å². The molecular formula is C69H62Ir6N10O9P2S-6. The maximum Gasteiger partial charge on any atom is 0.397 e. The number of nitrogens with two attached hydrogens (primary N) is 1. The summed E-state index contributed by atoms with van der Waals surface area (Å²) in [5.41, 5.74) is 9.74. The van der Waals surface area contributed by atoms with Crippen LogP contribution in [0.4, 0.5) is 0 Å². The Hall–Kier alpha value is -6.59. The SMILES string of the molecule is CCc1cccc(Oc2[c-]cccc2)n1.CCc1ncn(C(C)(C)c2[c-]scn2)n1.COc1cccc(Oc2[c-]cccc2)n1.NCc1cccc(Oc2[c-]cccc2)n1.O=POc1cccc(Oc2[c-]cccc2)n1.POc1cccc(Oc2[c-]cccc2)n1.[Ir].[Ir].[Ir].[Ir].[Ir].[Ir]. The number of hydrogen-bond donors (Lipinski definition) is 1. The molecule has 1 unspecified atom stereocenters. The molecule has 7 heterocycles. The average Bonchev–Trinajstić information content (AvgIpc) is 1.69. The second-order valence-corrected chi connectivity index (χ2v) is 19.6. The summed E-state index contributed by atoms with van der Waals surface area (Å²) < 4.78 is 54.1. The Morgan fingerprint density at radius 3 is 1.20 bits per heavy atom. The van der Waals surface area contributed by atoms with Crippen LogP contribution in [-0.2, 0) is 150 Å². The van der Waals surface area contributed by atoms with Gasteiger partial charge in [0.25, 0.3) is 0 Å². The number of rotatable bonds is 19. The maximum absolute atomic E-state index is 10.2. The topological polar surface area (TPSA) is 225 Å². The van der Waals surface area contributed by atoms with Gasteiger partial charge in [-0.3, -0.25) is 0 Å². The van der Waals surface area contributed by atoms with Crippen molar-refractivity contribution in [3.05, 3.63) is 283 Å². The molecule has 0 bridgehead atoms. The Bertz CT molecular complexity index is 3660. The van der Waals surface area contributed by atoms with E-state index < -0.39 is 8.69 Å².